The van der Waals surface area contributed by atoms with Gasteiger partial charge in [-0.1, -0.05) is 6.07 Å². The molecule has 0 bridgehead atoms. The monoisotopic (exact) mass is 236 g/mol. The molecule has 0 aliphatic heterocycles. The maximum atomic E-state index is 11.2. The molecular formula is C13H20N2O2. The number of amides is 2. The number of ether oxygens (including phenoxy) is 1. The Labute approximate surface area is 103 Å². The van der Waals surface area contributed by atoms with Crippen LogP contribution < -0.4 is 10.1 Å². The first-order valence-electron chi connectivity index (χ1n) is 5.65. The highest BCUT2D eigenvalue weighted by molar-refractivity contribution is 5.73. The highest BCUT2D eigenvalue weighted by Crippen LogP contribution is 2.15. The van der Waals surface area contributed by atoms with Crippen molar-refractivity contribution in [3.63, 3.8) is 0 Å². The lowest BCUT2D eigenvalue weighted by molar-refractivity contribution is 0.213. The zero-order valence-corrected chi connectivity index (χ0v) is 10.9. The molecule has 94 valence electrons. The number of nitrogens with one attached hydrogen (secondary N) is 1. The normalized spacial score (nSPS) is 9.88. The third-order valence-corrected chi connectivity index (χ3v) is 2.25. The second-order valence-electron chi connectivity index (χ2n) is 4.30. The van der Waals surface area contributed by atoms with Crippen molar-refractivity contribution >= 4 is 6.03 Å². The minimum atomic E-state index is -0.103. The Hall–Kier alpha value is -1.71. The maximum Gasteiger partial charge on any atom is 0.316 e. The molecule has 2 amide bonds. The number of urea groups is 1. The maximum absolute atomic E-state index is 11.2. The summed E-state index contributed by atoms with van der Waals surface area (Å²) < 4.78 is 5.56. The van der Waals surface area contributed by atoms with Gasteiger partial charge in [-0.3, -0.25) is 0 Å². The Balaban J connectivity index is 2.33. The summed E-state index contributed by atoms with van der Waals surface area (Å²) in [6.07, 6.45) is 0. The molecule has 0 atom stereocenters. The molecule has 0 aliphatic rings. The third-order valence-electron chi connectivity index (χ3n) is 2.25. The second-order valence-corrected chi connectivity index (χ2v) is 4.30. The molecule has 0 aliphatic carbocycles. The topological polar surface area (TPSA) is 41.6 Å². The molecule has 0 radical (unpaired) electrons. The van der Waals surface area contributed by atoms with Crippen LogP contribution in [0.4, 0.5) is 4.79 Å². The van der Waals surface area contributed by atoms with Gasteiger partial charge in [0.1, 0.15) is 12.4 Å². The first kappa shape index (κ1) is 13.4. The van der Waals surface area contributed by atoms with E-state index in [1.165, 1.54) is 16.0 Å². The number of hydrogen-bond donors (Lipinski definition) is 1. The fourth-order valence-corrected chi connectivity index (χ4v) is 1.50. The molecule has 17 heavy (non-hydrogen) atoms. The van der Waals surface area contributed by atoms with Crippen molar-refractivity contribution in [2.45, 2.75) is 13.8 Å². The van der Waals surface area contributed by atoms with Crippen molar-refractivity contribution in [3.05, 3.63) is 29.3 Å². The molecule has 1 rings (SSSR count). The SMILES string of the molecule is Cc1cc(C)cc(OCCNC(=O)N(C)C)c1. The number of carbonyl (C=O) groups is 1. The van der Waals surface area contributed by atoms with E-state index in [9.17, 15) is 4.79 Å². The van der Waals surface area contributed by atoms with E-state index < -0.39 is 0 Å². The first-order chi connectivity index (χ1) is 7.99. The lowest BCUT2D eigenvalue weighted by Gasteiger charge is -2.12. The lowest BCUT2D eigenvalue weighted by Crippen LogP contribution is -2.36. The number of carbonyl (C=O) groups excluding carboxylic acids is 1. The molecule has 0 aromatic heterocycles. The van der Waals surface area contributed by atoms with Gasteiger partial charge in [-0.05, 0) is 37.1 Å². The van der Waals surface area contributed by atoms with Crippen molar-refractivity contribution in [2.75, 3.05) is 27.2 Å². The van der Waals surface area contributed by atoms with Gasteiger partial charge in [-0.15, -0.1) is 0 Å². The fraction of sp³-hybridized carbons (Fsp3) is 0.462. The van der Waals surface area contributed by atoms with Crippen molar-refractivity contribution in [3.8, 4) is 5.75 Å². The van der Waals surface area contributed by atoms with E-state index in [0.29, 0.717) is 13.2 Å². The average Bonchev–Trinajstić information content (AvgIpc) is 2.22. The van der Waals surface area contributed by atoms with E-state index in [1.54, 1.807) is 14.1 Å². The predicted octanol–water partition coefficient (Wildman–Crippen LogP) is 1.95. The highest BCUT2D eigenvalue weighted by Gasteiger charge is 2.01. The number of nitrogens with zero attached hydrogens (tertiary/aromatic N) is 1. The van der Waals surface area contributed by atoms with E-state index in [4.69, 9.17) is 4.74 Å². The van der Waals surface area contributed by atoms with Gasteiger partial charge >= 0.3 is 6.03 Å². The summed E-state index contributed by atoms with van der Waals surface area (Å²) in [6.45, 7) is 5.05. The van der Waals surface area contributed by atoms with Crippen LogP contribution in [0.2, 0.25) is 0 Å². The quantitative estimate of drug-likeness (QED) is 0.812. The fourth-order valence-electron chi connectivity index (χ4n) is 1.50. The van der Waals surface area contributed by atoms with Gasteiger partial charge in [0.2, 0.25) is 0 Å². The Kier molecular flexibility index (Phi) is 4.82. The summed E-state index contributed by atoms with van der Waals surface area (Å²) in [5.74, 6) is 0.849. The van der Waals surface area contributed by atoms with Crippen molar-refractivity contribution < 1.29 is 9.53 Å². The highest BCUT2D eigenvalue weighted by atomic mass is 16.5. The van der Waals surface area contributed by atoms with Crippen LogP contribution in [0.15, 0.2) is 18.2 Å². The Bertz CT molecular complexity index is 369. The Morgan fingerprint density at radius 2 is 1.82 bits per heavy atom. The van der Waals surface area contributed by atoms with Crippen LogP contribution >= 0.6 is 0 Å². The number of rotatable bonds is 4. The van der Waals surface area contributed by atoms with Crippen LogP contribution in [-0.2, 0) is 0 Å². The van der Waals surface area contributed by atoms with Gasteiger partial charge in [-0.2, -0.15) is 0 Å². The molecule has 1 aromatic carbocycles. The zero-order chi connectivity index (χ0) is 12.8. The van der Waals surface area contributed by atoms with Crippen LogP contribution in [0, 0.1) is 13.8 Å². The Morgan fingerprint density at radius 1 is 1.24 bits per heavy atom. The Morgan fingerprint density at radius 3 is 2.35 bits per heavy atom. The minimum absolute atomic E-state index is 0.103. The summed E-state index contributed by atoms with van der Waals surface area (Å²) in [4.78, 5) is 12.7. The zero-order valence-electron chi connectivity index (χ0n) is 10.9. The van der Waals surface area contributed by atoms with E-state index in [0.717, 1.165) is 5.75 Å². The van der Waals surface area contributed by atoms with Crippen LogP contribution in [0.25, 0.3) is 0 Å². The summed E-state index contributed by atoms with van der Waals surface area (Å²) in [6, 6.07) is 5.97. The van der Waals surface area contributed by atoms with Gasteiger partial charge < -0.3 is 15.0 Å². The number of hydrogen-bond acceptors (Lipinski definition) is 2. The predicted molar refractivity (Wildman–Crippen MR) is 68.5 cm³/mol. The first-order valence-corrected chi connectivity index (χ1v) is 5.65. The second kappa shape index (κ2) is 6.13. The largest absolute Gasteiger partial charge is 0.492 e. The molecule has 4 heteroatoms. The van der Waals surface area contributed by atoms with Gasteiger partial charge in [0, 0.05) is 14.1 Å². The lowest BCUT2D eigenvalue weighted by atomic mass is 10.1. The van der Waals surface area contributed by atoms with Gasteiger partial charge in [-0.25, -0.2) is 4.79 Å². The van der Waals surface area contributed by atoms with Gasteiger partial charge in [0.15, 0.2) is 0 Å². The molecule has 0 saturated heterocycles. The molecule has 1 aromatic rings. The van der Waals surface area contributed by atoms with Crippen LogP contribution in [0.3, 0.4) is 0 Å². The smallest absolute Gasteiger partial charge is 0.316 e. The van der Waals surface area contributed by atoms with E-state index >= 15 is 0 Å². The number of aryl methyl sites for hydroxylation is 2. The van der Waals surface area contributed by atoms with E-state index in [1.807, 2.05) is 26.0 Å². The summed E-state index contributed by atoms with van der Waals surface area (Å²) in [5, 5.41) is 2.74. The van der Waals surface area contributed by atoms with Crippen molar-refractivity contribution in [1.82, 2.24) is 10.2 Å². The molecule has 4 nitrogen and oxygen atoms in total. The standard InChI is InChI=1S/C13H20N2O2/c1-10-7-11(2)9-12(8-10)17-6-5-14-13(16)15(3)4/h7-9H,5-6H2,1-4H3,(H,14,16). The number of benzene rings is 1. The van der Waals surface area contributed by atoms with Crippen LogP contribution in [0.5, 0.6) is 5.75 Å². The van der Waals surface area contributed by atoms with Crippen molar-refractivity contribution in [2.24, 2.45) is 0 Å². The minimum Gasteiger partial charge on any atom is -0.492 e. The summed E-state index contributed by atoms with van der Waals surface area (Å²) in [7, 11) is 3.42. The molecule has 0 saturated carbocycles. The van der Waals surface area contributed by atoms with E-state index in [2.05, 4.69) is 11.4 Å². The van der Waals surface area contributed by atoms with Gasteiger partial charge in [0.05, 0.1) is 6.54 Å². The molecular weight excluding hydrogens is 216 g/mol. The summed E-state index contributed by atoms with van der Waals surface area (Å²) >= 11 is 0. The van der Waals surface area contributed by atoms with Crippen LogP contribution in [-0.4, -0.2) is 38.2 Å². The molecule has 0 heterocycles. The average molecular weight is 236 g/mol. The molecule has 0 spiro atoms. The summed E-state index contributed by atoms with van der Waals surface area (Å²) in [5.41, 5.74) is 2.36. The third kappa shape index (κ3) is 4.76. The molecule has 1 N–H and O–H groups in total. The van der Waals surface area contributed by atoms with Crippen molar-refractivity contribution in [1.29, 1.82) is 0 Å². The van der Waals surface area contributed by atoms with Gasteiger partial charge in [0.25, 0.3) is 0 Å². The van der Waals surface area contributed by atoms with Crippen LogP contribution in [0.1, 0.15) is 11.1 Å². The molecule has 0 unspecified atom stereocenters. The molecule has 0 fully saturated rings. The van der Waals surface area contributed by atoms with E-state index in [-0.39, 0.29) is 6.03 Å².